The summed E-state index contributed by atoms with van der Waals surface area (Å²) >= 11 is 0. The van der Waals surface area contributed by atoms with E-state index in [9.17, 15) is 13.2 Å². The zero-order valence-corrected chi connectivity index (χ0v) is 15.2. The van der Waals surface area contributed by atoms with Crippen LogP contribution in [0.4, 0.5) is 0 Å². The first-order valence-electron chi connectivity index (χ1n) is 7.89. The Bertz CT molecular complexity index is 803. The molecule has 0 spiro atoms. The van der Waals surface area contributed by atoms with Crippen molar-refractivity contribution in [1.29, 1.82) is 0 Å². The minimum atomic E-state index is -3.45. The lowest BCUT2D eigenvalue weighted by molar-refractivity contribution is -0.122. The van der Waals surface area contributed by atoms with Crippen LogP contribution in [0.2, 0.25) is 0 Å². The molecule has 7 heteroatoms. The lowest BCUT2D eigenvalue weighted by Gasteiger charge is -2.13. The molecule has 0 aliphatic carbocycles. The number of hydrogen-bond acceptors (Lipinski definition) is 4. The molecular weight excluding hydrogens is 338 g/mol. The number of carbonyl (C=O) groups is 1. The van der Waals surface area contributed by atoms with E-state index in [0.717, 1.165) is 15.4 Å². The van der Waals surface area contributed by atoms with Gasteiger partial charge >= 0.3 is 0 Å². The smallest absolute Gasteiger partial charge is 0.242 e. The van der Waals surface area contributed by atoms with Crippen molar-refractivity contribution in [2.75, 3.05) is 14.1 Å². The molecule has 0 heterocycles. The second kappa shape index (κ2) is 8.24. The monoisotopic (exact) mass is 361 g/mol. The molecule has 0 radical (unpaired) electrons. The van der Waals surface area contributed by atoms with Crippen molar-refractivity contribution in [3.63, 3.8) is 0 Å². The van der Waals surface area contributed by atoms with E-state index < -0.39 is 16.1 Å². The Morgan fingerprint density at radius 2 is 1.64 bits per heavy atom. The summed E-state index contributed by atoms with van der Waals surface area (Å²) in [6.45, 7) is 0.295. The van der Waals surface area contributed by atoms with Crippen LogP contribution in [-0.2, 0) is 27.8 Å². The fraction of sp³-hybridized carbons (Fsp3) is 0.278. The highest BCUT2D eigenvalue weighted by Crippen LogP contribution is 2.14. The fourth-order valence-corrected chi connectivity index (χ4v) is 3.17. The molecule has 0 aromatic heterocycles. The van der Waals surface area contributed by atoms with Gasteiger partial charge in [-0.15, -0.1) is 0 Å². The molecule has 0 aliphatic rings. The van der Waals surface area contributed by atoms with E-state index in [-0.39, 0.29) is 10.8 Å². The minimum Gasteiger partial charge on any atom is -0.351 e. The second-order valence-electron chi connectivity index (χ2n) is 5.95. The van der Waals surface area contributed by atoms with Gasteiger partial charge in [0, 0.05) is 20.6 Å². The van der Waals surface area contributed by atoms with Crippen molar-refractivity contribution in [2.24, 2.45) is 5.73 Å². The number of sulfonamides is 1. The molecule has 2 aromatic carbocycles. The number of hydrogen-bond donors (Lipinski definition) is 2. The summed E-state index contributed by atoms with van der Waals surface area (Å²) in [4.78, 5) is 12.3. The van der Waals surface area contributed by atoms with Crippen LogP contribution in [0.1, 0.15) is 11.1 Å². The first-order valence-corrected chi connectivity index (χ1v) is 9.33. The number of amides is 1. The number of carbonyl (C=O) groups excluding carboxylic acids is 1. The van der Waals surface area contributed by atoms with Crippen molar-refractivity contribution >= 4 is 15.9 Å². The topological polar surface area (TPSA) is 92.5 Å². The van der Waals surface area contributed by atoms with E-state index >= 15 is 0 Å². The van der Waals surface area contributed by atoms with Gasteiger partial charge in [0.25, 0.3) is 0 Å². The lowest BCUT2D eigenvalue weighted by atomic mass is 10.1. The maximum Gasteiger partial charge on any atom is 0.242 e. The third-order valence-electron chi connectivity index (χ3n) is 3.80. The molecule has 0 bridgehead atoms. The molecule has 134 valence electrons. The predicted molar refractivity (Wildman–Crippen MR) is 97.3 cm³/mol. The fourth-order valence-electron chi connectivity index (χ4n) is 2.27. The van der Waals surface area contributed by atoms with Crippen molar-refractivity contribution in [3.8, 4) is 0 Å². The van der Waals surface area contributed by atoms with Crippen LogP contribution in [-0.4, -0.2) is 38.8 Å². The van der Waals surface area contributed by atoms with Crippen LogP contribution in [0.25, 0.3) is 0 Å². The minimum absolute atomic E-state index is 0.216. The maximum atomic E-state index is 12.1. The molecule has 25 heavy (non-hydrogen) atoms. The van der Waals surface area contributed by atoms with Gasteiger partial charge in [-0.1, -0.05) is 42.5 Å². The second-order valence-corrected chi connectivity index (χ2v) is 8.10. The number of nitrogens with zero attached hydrogens (tertiary/aromatic N) is 1. The summed E-state index contributed by atoms with van der Waals surface area (Å²) in [6.07, 6.45) is 0.465. The summed E-state index contributed by atoms with van der Waals surface area (Å²) in [7, 11) is -0.480. The van der Waals surface area contributed by atoms with E-state index in [0.29, 0.717) is 13.0 Å². The molecular formula is C18H23N3O3S. The van der Waals surface area contributed by atoms with Gasteiger partial charge in [0.2, 0.25) is 15.9 Å². The number of benzene rings is 2. The van der Waals surface area contributed by atoms with Gasteiger partial charge < -0.3 is 11.1 Å². The highest BCUT2D eigenvalue weighted by Gasteiger charge is 2.17. The molecule has 0 saturated heterocycles. The van der Waals surface area contributed by atoms with E-state index in [1.165, 1.54) is 26.2 Å². The summed E-state index contributed by atoms with van der Waals surface area (Å²) in [6, 6.07) is 15.4. The van der Waals surface area contributed by atoms with E-state index in [2.05, 4.69) is 5.32 Å². The molecule has 6 nitrogen and oxygen atoms in total. The molecule has 2 aromatic rings. The quantitative estimate of drug-likeness (QED) is 0.773. The van der Waals surface area contributed by atoms with Gasteiger partial charge in [-0.05, 0) is 29.7 Å². The van der Waals surface area contributed by atoms with Gasteiger partial charge in [0.1, 0.15) is 0 Å². The van der Waals surface area contributed by atoms with Crippen LogP contribution >= 0.6 is 0 Å². The normalized spacial score (nSPS) is 12.8. The number of nitrogens with two attached hydrogens (primary N) is 1. The van der Waals surface area contributed by atoms with Crippen molar-refractivity contribution in [2.45, 2.75) is 23.9 Å². The Labute approximate surface area is 148 Å². The zero-order valence-electron chi connectivity index (χ0n) is 14.3. The Kier molecular flexibility index (Phi) is 6.30. The SMILES string of the molecule is CN(C)S(=O)(=O)c1ccc(CNC(=O)[C@@H](N)Cc2ccccc2)cc1. The lowest BCUT2D eigenvalue weighted by Crippen LogP contribution is -2.41. The van der Waals surface area contributed by atoms with Crippen molar-refractivity contribution in [3.05, 3.63) is 65.7 Å². The molecule has 1 atom stereocenters. The Morgan fingerprint density at radius 1 is 1.04 bits per heavy atom. The van der Waals surface area contributed by atoms with E-state index in [1.54, 1.807) is 12.1 Å². The van der Waals surface area contributed by atoms with Crippen LogP contribution in [0, 0.1) is 0 Å². The van der Waals surface area contributed by atoms with Crippen molar-refractivity contribution in [1.82, 2.24) is 9.62 Å². The average molecular weight is 361 g/mol. The standard InChI is InChI=1S/C18H23N3O3S/c1-21(2)25(23,24)16-10-8-15(9-11-16)13-20-18(22)17(19)12-14-6-4-3-5-7-14/h3-11,17H,12-13,19H2,1-2H3,(H,20,22)/t17-/m0/s1. The highest BCUT2D eigenvalue weighted by molar-refractivity contribution is 7.89. The zero-order chi connectivity index (χ0) is 18.4. The van der Waals surface area contributed by atoms with Crippen LogP contribution < -0.4 is 11.1 Å². The van der Waals surface area contributed by atoms with Crippen LogP contribution in [0.3, 0.4) is 0 Å². The van der Waals surface area contributed by atoms with E-state index in [4.69, 9.17) is 5.73 Å². The Morgan fingerprint density at radius 3 is 2.20 bits per heavy atom. The van der Waals surface area contributed by atoms with Crippen molar-refractivity contribution < 1.29 is 13.2 Å². The molecule has 2 rings (SSSR count). The Hall–Kier alpha value is -2.22. The summed E-state index contributed by atoms with van der Waals surface area (Å²) < 4.78 is 25.2. The van der Waals surface area contributed by atoms with Gasteiger partial charge in [0.05, 0.1) is 10.9 Å². The van der Waals surface area contributed by atoms with Gasteiger partial charge in [0.15, 0.2) is 0 Å². The predicted octanol–water partition coefficient (Wildman–Crippen LogP) is 1.12. The molecule has 0 fully saturated rings. The summed E-state index contributed by atoms with van der Waals surface area (Å²) in [5, 5.41) is 2.78. The molecule has 1 amide bonds. The largest absolute Gasteiger partial charge is 0.351 e. The van der Waals surface area contributed by atoms with Gasteiger partial charge in [-0.2, -0.15) is 0 Å². The van der Waals surface area contributed by atoms with Crippen LogP contribution in [0.15, 0.2) is 59.5 Å². The third-order valence-corrected chi connectivity index (χ3v) is 5.63. The van der Waals surface area contributed by atoms with Gasteiger partial charge in [-0.3, -0.25) is 4.79 Å². The third kappa shape index (κ3) is 5.12. The molecule has 3 N–H and O–H groups in total. The summed E-state index contributed by atoms with van der Waals surface area (Å²) in [5.41, 5.74) is 7.74. The average Bonchev–Trinajstić information content (AvgIpc) is 2.60. The van der Waals surface area contributed by atoms with Crippen LogP contribution in [0.5, 0.6) is 0 Å². The molecule has 0 saturated carbocycles. The summed E-state index contributed by atoms with van der Waals surface area (Å²) in [5.74, 6) is -0.242. The van der Waals surface area contributed by atoms with Gasteiger partial charge in [-0.25, -0.2) is 12.7 Å². The number of rotatable bonds is 7. The van der Waals surface area contributed by atoms with E-state index in [1.807, 2.05) is 30.3 Å². The maximum absolute atomic E-state index is 12.1. The first kappa shape index (κ1) is 19.1. The number of nitrogens with one attached hydrogen (secondary N) is 1. The Balaban J connectivity index is 1.91. The molecule has 0 unspecified atom stereocenters. The first-order chi connectivity index (χ1) is 11.8. The highest BCUT2D eigenvalue weighted by atomic mass is 32.2. The molecule has 0 aliphatic heterocycles.